The number of halogens is 1. The molecular formula is C25H31ClN2O. The van der Waals surface area contributed by atoms with Crippen molar-refractivity contribution < 1.29 is 4.79 Å². The van der Waals surface area contributed by atoms with Crippen LogP contribution in [-0.2, 0) is 0 Å². The Morgan fingerprint density at radius 2 is 2.03 bits per heavy atom. The molecule has 0 bridgehead atoms. The molecule has 0 saturated carbocycles. The lowest BCUT2D eigenvalue weighted by Crippen LogP contribution is -2.38. The second-order valence-electron chi connectivity index (χ2n) is 7.80. The molecule has 3 nitrogen and oxygen atoms in total. The maximum absolute atomic E-state index is 12.6. The van der Waals surface area contributed by atoms with Gasteiger partial charge in [0.1, 0.15) is 0 Å². The predicted octanol–water partition coefficient (Wildman–Crippen LogP) is 6.42. The van der Waals surface area contributed by atoms with Gasteiger partial charge < -0.3 is 10.2 Å². The van der Waals surface area contributed by atoms with Gasteiger partial charge in [-0.2, -0.15) is 0 Å². The molecule has 1 atom stereocenters. The number of rotatable bonds is 7. The van der Waals surface area contributed by atoms with E-state index in [9.17, 15) is 4.79 Å². The number of carbonyl (C=O) groups is 1. The zero-order valence-electron chi connectivity index (χ0n) is 17.5. The fourth-order valence-electron chi connectivity index (χ4n) is 3.96. The van der Waals surface area contributed by atoms with Crippen molar-refractivity contribution in [3.05, 3.63) is 76.3 Å². The average Bonchev–Trinajstić information content (AvgIpc) is 3.23. The first-order chi connectivity index (χ1) is 14.1. The van der Waals surface area contributed by atoms with E-state index in [4.69, 9.17) is 11.6 Å². The van der Waals surface area contributed by atoms with E-state index in [-0.39, 0.29) is 6.03 Å². The summed E-state index contributed by atoms with van der Waals surface area (Å²) in [6.07, 6.45) is 6.25. The third-order valence-corrected chi connectivity index (χ3v) is 5.88. The Labute approximate surface area is 179 Å². The molecule has 1 heterocycles. The van der Waals surface area contributed by atoms with Gasteiger partial charge >= 0.3 is 6.03 Å². The number of aryl methyl sites for hydroxylation is 1. The van der Waals surface area contributed by atoms with Gasteiger partial charge in [-0.3, -0.25) is 0 Å². The molecule has 2 amide bonds. The lowest BCUT2D eigenvalue weighted by Gasteiger charge is -2.18. The Balaban J connectivity index is 1.56. The molecule has 29 heavy (non-hydrogen) atoms. The lowest BCUT2D eigenvalue weighted by molar-refractivity contribution is 0.208. The highest BCUT2D eigenvalue weighted by Crippen LogP contribution is 2.28. The van der Waals surface area contributed by atoms with Crippen LogP contribution in [0.25, 0.3) is 5.57 Å². The minimum Gasteiger partial charge on any atom is -0.338 e. The lowest BCUT2D eigenvalue weighted by atomic mass is 9.97. The molecular weight excluding hydrogens is 380 g/mol. The number of urea groups is 1. The van der Waals surface area contributed by atoms with Crippen LogP contribution in [0.5, 0.6) is 0 Å². The molecule has 1 aliphatic rings. The second kappa shape index (κ2) is 10.5. The van der Waals surface area contributed by atoms with E-state index in [1.807, 2.05) is 23.1 Å². The maximum Gasteiger partial charge on any atom is 0.317 e. The van der Waals surface area contributed by atoms with Crippen LogP contribution in [0.15, 0.2) is 54.6 Å². The Morgan fingerprint density at radius 1 is 1.24 bits per heavy atom. The molecule has 0 radical (unpaired) electrons. The summed E-state index contributed by atoms with van der Waals surface area (Å²) in [4.78, 5) is 14.6. The maximum atomic E-state index is 12.6. The largest absolute Gasteiger partial charge is 0.338 e. The predicted molar refractivity (Wildman–Crippen MR) is 122 cm³/mol. The summed E-state index contributed by atoms with van der Waals surface area (Å²) in [6, 6.07) is 16.6. The van der Waals surface area contributed by atoms with Crippen LogP contribution in [-0.4, -0.2) is 30.6 Å². The number of carbonyl (C=O) groups excluding carboxylic acids is 1. The van der Waals surface area contributed by atoms with Crippen molar-refractivity contribution in [1.29, 1.82) is 0 Å². The fraction of sp³-hybridized carbons (Fsp3) is 0.400. The van der Waals surface area contributed by atoms with Gasteiger partial charge in [-0.25, -0.2) is 4.79 Å². The van der Waals surface area contributed by atoms with E-state index in [0.29, 0.717) is 12.5 Å². The van der Waals surface area contributed by atoms with Crippen LogP contribution >= 0.6 is 11.6 Å². The third kappa shape index (κ3) is 5.86. The minimum atomic E-state index is 0.0427. The molecule has 1 unspecified atom stereocenters. The molecule has 1 N–H and O–H groups in total. The zero-order chi connectivity index (χ0) is 20.6. The third-order valence-electron chi connectivity index (χ3n) is 5.64. The smallest absolute Gasteiger partial charge is 0.317 e. The molecule has 1 fully saturated rings. The first-order valence-electron chi connectivity index (χ1n) is 10.6. The summed E-state index contributed by atoms with van der Waals surface area (Å²) in [5.41, 5.74) is 4.98. The number of benzene rings is 2. The summed E-state index contributed by atoms with van der Waals surface area (Å²) in [5, 5.41) is 3.87. The standard InChI is InChI=1S/C25H31ClN2O/c1-3-4-8-21(24-17-23(26)12-11-19(24)2)13-15-27-25(29)28-16-14-22(18-28)20-9-6-5-7-10-20/h5-12,17,22H,3-4,13-16,18H2,1-2H3,(H,27,29)/b21-8-. The fourth-order valence-corrected chi connectivity index (χ4v) is 4.14. The number of hydrogen-bond acceptors (Lipinski definition) is 1. The summed E-state index contributed by atoms with van der Waals surface area (Å²) in [5.74, 6) is 0.441. The van der Waals surface area contributed by atoms with E-state index in [2.05, 4.69) is 55.6 Å². The number of nitrogens with one attached hydrogen (secondary N) is 1. The number of unbranched alkanes of at least 4 members (excludes halogenated alkanes) is 1. The van der Waals surface area contributed by atoms with Gasteiger partial charge in [-0.1, -0.05) is 67.4 Å². The van der Waals surface area contributed by atoms with E-state index < -0.39 is 0 Å². The Hall–Kier alpha value is -2.26. The van der Waals surface area contributed by atoms with Crippen LogP contribution in [0.3, 0.4) is 0 Å². The number of amides is 2. The molecule has 4 heteroatoms. The van der Waals surface area contributed by atoms with Crippen LogP contribution in [0, 0.1) is 6.92 Å². The van der Waals surface area contributed by atoms with Gasteiger partial charge in [0.15, 0.2) is 0 Å². The molecule has 3 rings (SSSR count). The van der Waals surface area contributed by atoms with Gasteiger partial charge in [-0.05, 0) is 60.6 Å². The van der Waals surface area contributed by atoms with E-state index in [1.165, 1.54) is 22.3 Å². The van der Waals surface area contributed by atoms with Crippen molar-refractivity contribution in [2.24, 2.45) is 0 Å². The summed E-state index contributed by atoms with van der Waals surface area (Å²) in [7, 11) is 0. The molecule has 2 aromatic rings. The van der Waals surface area contributed by atoms with E-state index in [1.54, 1.807) is 0 Å². The zero-order valence-corrected chi connectivity index (χ0v) is 18.2. The number of likely N-dealkylation sites (tertiary alicyclic amines) is 1. The van der Waals surface area contributed by atoms with E-state index >= 15 is 0 Å². The van der Waals surface area contributed by atoms with Crippen molar-refractivity contribution in [3.8, 4) is 0 Å². The monoisotopic (exact) mass is 410 g/mol. The van der Waals surface area contributed by atoms with Crippen LogP contribution in [0.1, 0.15) is 55.2 Å². The Kier molecular flexibility index (Phi) is 7.76. The van der Waals surface area contributed by atoms with E-state index in [0.717, 1.165) is 43.8 Å². The topological polar surface area (TPSA) is 32.3 Å². The highest BCUT2D eigenvalue weighted by molar-refractivity contribution is 6.30. The van der Waals surface area contributed by atoms with Gasteiger partial charge in [0.25, 0.3) is 0 Å². The summed E-state index contributed by atoms with van der Waals surface area (Å²) >= 11 is 6.23. The molecule has 1 saturated heterocycles. The van der Waals surface area contributed by atoms with Gasteiger partial charge in [-0.15, -0.1) is 0 Å². The van der Waals surface area contributed by atoms with Crippen LogP contribution in [0.4, 0.5) is 4.79 Å². The molecule has 0 aromatic heterocycles. The SMILES string of the molecule is CCC/C=C(/CCNC(=O)N1CCC(c2ccccc2)C1)c1cc(Cl)ccc1C. The Bertz CT molecular complexity index is 847. The summed E-state index contributed by atoms with van der Waals surface area (Å²) < 4.78 is 0. The minimum absolute atomic E-state index is 0.0427. The molecule has 2 aromatic carbocycles. The quantitative estimate of drug-likeness (QED) is 0.561. The van der Waals surface area contributed by atoms with Crippen molar-refractivity contribution >= 4 is 23.2 Å². The first-order valence-corrected chi connectivity index (χ1v) is 11.0. The van der Waals surface area contributed by atoms with Gasteiger partial charge in [0, 0.05) is 30.6 Å². The van der Waals surface area contributed by atoms with Crippen molar-refractivity contribution in [2.45, 2.75) is 45.4 Å². The number of nitrogens with zero attached hydrogens (tertiary/aromatic N) is 1. The molecule has 0 aliphatic carbocycles. The van der Waals surface area contributed by atoms with Crippen LogP contribution < -0.4 is 5.32 Å². The number of hydrogen-bond donors (Lipinski definition) is 1. The average molecular weight is 411 g/mol. The van der Waals surface area contributed by atoms with Gasteiger partial charge in [0.2, 0.25) is 0 Å². The van der Waals surface area contributed by atoms with Crippen molar-refractivity contribution in [2.75, 3.05) is 19.6 Å². The first kappa shape index (κ1) is 21.4. The normalized spacial score (nSPS) is 16.9. The highest BCUT2D eigenvalue weighted by Gasteiger charge is 2.26. The van der Waals surface area contributed by atoms with Gasteiger partial charge in [0.05, 0.1) is 0 Å². The Morgan fingerprint density at radius 3 is 2.79 bits per heavy atom. The number of allylic oxidation sites excluding steroid dienone is 1. The second-order valence-corrected chi connectivity index (χ2v) is 8.24. The highest BCUT2D eigenvalue weighted by atomic mass is 35.5. The van der Waals surface area contributed by atoms with Crippen LogP contribution in [0.2, 0.25) is 5.02 Å². The van der Waals surface area contributed by atoms with Crippen molar-refractivity contribution in [3.63, 3.8) is 0 Å². The molecule has 154 valence electrons. The summed E-state index contributed by atoms with van der Waals surface area (Å²) in [6.45, 7) is 6.53. The molecule has 0 spiro atoms. The van der Waals surface area contributed by atoms with Crippen molar-refractivity contribution in [1.82, 2.24) is 10.2 Å². The molecule has 1 aliphatic heterocycles.